The molecule has 0 radical (unpaired) electrons. The van der Waals surface area contributed by atoms with Crippen LogP contribution in [-0.2, 0) is 9.59 Å². The fourth-order valence-electron chi connectivity index (χ4n) is 5.10. The highest BCUT2D eigenvalue weighted by Crippen LogP contribution is 2.34. The average Bonchev–Trinajstić information content (AvgIpc) is 3.30. The number of nitrogens with zero attached hydrogens (tertiary/aromatic N) is 5. The molecule has 0 saturated carbocycles. The van der Waals surface area contributed by atoms with Gasteiger partial charge in [0.05, 0.1) is 21.1 Å². The first-order chi connectivity index (χ1) is 18.2. The maximum atomic E-state index is 13.9. The number of rotatable bonds is 9. The van der Waals surface area contributed by atoms with E-state index in [-0.39, 0.29) is 24.5 Å². The second kappa shape index (κ2) is 14.1. The van der Waals surface area contributed by atoms with Gasteiger partial charge in [-0.3, -0.25) is 19.4 Å². The largest absolute Gasteiger partial charge is 0.482 e. The Hall–Kier alpha value is -1.01. The van der Waals surface area contributed by atoms with Gasteiger partial charge in [-0.2, -0.15) is 0 Å². The molecule has 3 heterocycles. The van der Waals surface area contributed by atoms with Crippen molar-refractivity contribution >= 4 is 58.6 Å². The van der Waals surface area contributed by atoms with Crippen molar-refractivity contribution in [3.8, 4) is 5.75 Å². The normalized spacial score (nSPS) is 23.7. The van der Waals surface area contributed by atoms with E-state index in [1.807, 2.05) is 9.80 Å². The van der Waals surface area contributed by atoms with E-state index in [1.54, 1.807) is 18.9 Å². The minimum atomic E-state index is -0.809. The quantitative estimate of drug-likeness (QED) is 0.314. The molecule has 3 aliphatic heterocycles. The summed E-state index contributed by atoms with van der Waals surface area (Å²) in [5.41, 5.74) is 0. The number of benzene rings is 1. The van der Waals surface area contributed by atoms with Crippen LogP contribution in [-0.4, -0.2) is 132 Å². The second-order valence-corrected chi connectivity index (χ2v) is 12.3. The van der Waals surface area contributed by atoms with Crippen molar-refractivity contribution in [1.82, 2.24) is 23.9 Å². The van der Waals surface area contributed by atoms with E-state index < -0.39 is 6.17 Å². The molecule has 2 atom stereocenters. The summed E-state index contributed by atoms with van der Waals surface area (Å²) in [6, 6.07) is 2.94. The molecule has 0 N–H and O–H groups in total. The molecule has 1 aromatic rings. The first-order valence-corrected chi connectivity index (χ1v) is 15.1. The number of carbonyl (C=O) groups excluding carboxylic acids is 2. The SMILES string of the molecule is CC(=O)N1CCN(CCSN2CCN(C(=O)COc3cc(Cl)c(Cl)cc3Cl)[C@@H](CN3CC[C@H](F)C3)C2)CC1. The van der Waals surface area contributed by atoms with Gasteiger partial charge in [0.25, 0.3) is 5.91 Å². The van der Waals surface area contributed by atoms with Crippen molar-refractivity contribution in [2.45, 2.75) is 25.6 Å². The highest BCUT2D eigenvalue weighted by Gasteiger charge is 2.34. The zero-order valence-corrected chi connectivity index (χ0v) is 24.7. The standard InChI is InChI=1S/C25H35Cl3FN5O3S/c1-18(35)32-6-4-30(5-7-32)10-11-38-33-8-9-34(20(16-33)15-31-3-2-19(29)14-31)25(36)17-37-24-13-22(27)21(26)12-23(24)28/h12-13,19-20H,2-11,14-17H2,1H3/t19-,20-/m0/s1. The minimum absolute atomic E-state index is 0.0685. The van der Waals surface area contributed by atoms with Gasteiger partial charge < -0.3 is 14.5 Å². The molecule has 0 aromatic heterocycles. The van der Waals surface area contributed by atoms with Gasteiger partial charge in [-0.25, -0.2) is 8.70 Å². The van der Waals surface area contributed by atoms with Gasteiger partial charge in [-0.1, -0.05) is 46.8 Å². The molecule has 13 heteroatoms. The van der Waals surface area contributed by atoms with E-state index in [0.717, 1.165) is 45.0 Å². The van der Waals surface area contributed by atoms with Crippen LogP contribution in [0.3, 0.4) is 0 Å². The summed E-state index contributed by atoms with van der Waals surface area (Å²) in [7, 11) is 0. The molecule has 3 fully saturated rings. The Labute approximate surface area is 243 Å². The zero-order chi connectivity index (χ0) is 27.2. The van der Waals surface area contributed by atoms with Crippen molar-refractivity contribution in [2.75, 3.05) is 84.4 Å². The van der Waals surface area contributed by atoms with E-state index in [1.165, 1.54) is 12.1 Å². The Morgan fingerprint density at radius 3 is 2.39 bits per heavy atom. The lowest BCUT2D eigenvalue weighted by molar-refractivity contribution is -0.137. The Balaban J connectivity index is 1.29. The van der Waals surface area contributed by atoms with Gasteiger partial charge in [0, 0.05) is 90.7 Å². The van der Waals surface area contributed by atoms with Gasteiger partial charge in [0.1, 0.15) is 11.9 Å². The topological polar surface area (TPSA) is 59.6 Å². The molecule has 8 nitrogen and oxygen atoms in total. The number of halogens is 4. The molecular weight excluding hydrogens is 576 g/mol. The molecular formula is C25H35Cl3FN5O3S. The number of alkyl halides is 1. The molecule has 0 aliphatic carbocycles. The van der Waals surface area contributed by atoms with Crippen LogP contribution >= 0.6 is 46.8 Å². The molecule has 0 bridgehead atoms. The Kier molecular flexibility index (Phi) is 11.1. The molecule has 38 heavy (non-hydrogen) atoms. The average molecular weight is 611 g/mol. The lowest BCUT2D eigenvalue weighted by Gasteiger charge is -2.42. The van der Waals surface area contributed by atoms with Gasteiger partial charge in [-0.05, 0) is 12.5 Å². The number of ether oxygens (including phenoxy) is 1. The summed E-state index contributed by atoms with van der Waals surface area (Å²) in [5, 5.41) is 0.912. The molecule has 3 aliphatic rings. The van der Waals surface area contributed by atoms with Crippen LogP contribution in [0.4, 0.5) is 4.39 Å². The summed E-state index contributed by atoms with van der Waals surface area (Å²) in [5.74, 6) is 1.25. The van der Waals surface area contributed by atoms with Crippen molar-refractivity contribution in [3.63, 3.8) is 0 Å². The van der Waals surface area contributed by atoms with E-state index in [9.17, 15) is 14.0 Å². The summed E-state index contributed by atoms with van der Waals surface area (Å²) in [4.78, 5) is 33.0. The van der Waals surface area contributed by atoms with Crippen molar-refractivity contribution in [3.05, 3.63) is 27.2 Å². The lowest BCUT2D eigenvalue weighted by Crippen LogP contribution is -2.58. The number of likely N-dealkylation sites (tertiary alicyclic amines) is 1. The smallest absolute Gasteiger partial charge is 0.260 e. The molecule has 3 saturated heterocycles. The lowest BCUT2D eigenvalue weighted by atomic mass is 10.1. The van der Waals surface area contributed by atoms with E-state index >= 15 is 0 Å². The number of amides is 2. The zero-order valence-electron chi connectivity index (χ0n) is 21.6. The second-order valence-electron chi connectivity index (χ2n) is 9.94. The van der Waals surface area contributed by atoms with Crippen LogP contribution in [0.2, 0.25) is 15.1 Å². The van der Waals surface area contributed by atoms with Crippen molar-refractivity contribution in [2.24, 2.45) is 0 Å². The molecule has 4 rings (SSSR count). The van der Waals surface area contributed by atoms with Gasteiger partial charge in [-0.15, -0.1) is 0 Å². The molecule has 1 aromatic carbocycles. The highest BCUT2D eigenvalue weighted by molar-refractivity contribution is 7.97. The third kappa shape index (κ3) is 8.25. The molecule has 0 spiro atoms. The van der Waals surface area contributed by atoms with Crippen molar-refractivity contribution in [1.29, 1.82) is 0 Å². The third-order valence-electron chi connectivity index (χ3n) is 7.27. The number of carbonyl (C=O) groups is 2. The van der Waals surface area contributed by atoms with Crippen LogP contribution in [0, 0.1) is 0 Å². The summed E-state index contributed by atoms with van der Waals surface area (Å²) in [6.07, 6.45) is -0.272. The molecule has 212 valence electrons. The summed E-state index contributed by atoms with van der Waals surface area (Å²) < 4.78 is 21.9. The van der Waals surface area contributed by atoms with Crippen LogP contribution in [0.1, 0.15) is 13.3 Å². The summed E-state index contributed by atoms with van der Waals surface area (Å²) >= 11 is 20.1. The van der Waals surface area contributed by atoms with E-state index in [4.69, 9.17) is 39.5 Å². The van der Waals surface area contributed by atoms with Crippen LogP contribution in [0.5, 0.6) is 5.75 Å². The van der Waals surface area contributed by atoms with E-state index in [0.29, 0.717) is 60.0 Å². The maximum Gasteiger partial charge on any atom is 0.260 e. The van der Waals surface area contributed by atoms with Gasteiger partial charge >= 0.3 is 0 Å². The first kappa shape index (κ1) is 30.0. The van der Waals surface area contributed by atoms with Crippen LogP contribution in [0.15, 0.2) is 12.1 Å². The fraction of sp³-hybridized carbons (Fsp3) is 0.680. The van der Waals surface area contributed by atoms with Gasteiger partial charge in [0.15, 0.2) is 6.61 Å². The van der Waals surface area contributed by atoms with Gasteiger partial charge in [0.2, 0.25) is 5.91 Å². The predicted octanol–water partition coefficient (Wildman–Crippen LogP) is 3.39. The Bertz CT molecular complexity index is 988. The number of piperazine rings is 2. The van der Waals surface area contributed by atoms with Crippen LogP contribution in [0.25, 0.3) is 0 Å². The number of hydrogen-bond donors (Lipinski definition) is 0. The summed E-state index contributed by atoms with van der Waals surface area (Å²) in [6.45, 7) is 9.52. The fourth-order valence-corrected chi connectivity index (χ4v) is 6.78. The molecule has 2 amide bonds. The highest BCUT2D eigenvalue weighted by atomic mass is 35.5. The third-order valence-corrected chi connectivity index (χ3v) is 9.35. The van der Waals surface area contributed by atoms with Crippen LogP contribution < -0.4 is 4.74 Å². The molecule has 0 unspecified atom stereocenters. The van der Waals surface area contributed by atoms with E-state index in [2.05, 4.69) is 14.1 Å². The Morgan fingerprint density at radius 2 is 1.71 bits per heavy atom. The Morgan fingerprint density at radius 1 is 0.974 bits per heavy atom. The predicted molar refractivity (Wildman–Crippen MR) is 151 cm³/mol. The monoisotopic (exact) mass is 609 g/mol. The number of hydrogen-bond acceptors (Lipinski definition) is 7. The minimum Gasteiger partial charge on any atom is -0.482 e. The first-order valence-electron chi connectivity index (χ1n) is 13.0. The van der Waals surface area contributed by atoms with Crippen molar-refractivity contribution < 1.29 is 18.7 Å². The maximum absolute atomic E-state index is 13.9.